The normalized spacial score (nSPS) is 21.5. The highest BCUT2D eigenvalue weighted by Gasteiger charge is 2.48. The number of aliphatic hydroxyl groups is 4. The minimum Gasteiger partial charge on any atom is -0.394 e. The van der Waals surface area contributed by atoms with Gasteiger partial charge in [0, 0.05) is 6.42 Å². The molecule has 0 aromatic rings. The summed E-state index contributed by atoms with van der Waals surface area (Å²) >= 11 is 0. The molecule has 13 heteroatoms. The molecule has 1 rings (SSSR count). The number of hydrogen-bond donors (Lipinski definition) is 6. The molecule has 328 valence electrons. The fourth-order valence-corrected chi connectivity index (χ4v) is 7.91. The van der Waals surface area contributed by atoms with Crippen molar-refractivity contribution in [3.8, 4) is 0 Å². The average Bonchev–Trinajstić information content (AvgIpc) is 3.15. The van der Waals surface area contributed by atoms with E-state index in [0.717, 1.165) is 51.4 Å². The van der Waals surface area contributed by atoms with Gasteiger partial charge < -0.3 is 35.2 Å². The maximum atomic E-state index is 13.0. The molecule has 0 aromatic heterocycles. The number of hydrogen-bond acceptors (Lipinski definition) is 10. The van der Waals surface area contributed by atoms with Crippen LogP contribution in [0, 0.1) is 0 Å². The fourth-order valence-electron chi connectivity index (χ4n) is 7.40. The zero-order valence-corrected chi connectivity index (χ0v) is 35.6. The Kier molecular flexibility index (Phi) is 32.2. The van der Waals surface area contributed by atoms with Crippen LogP contribution in [-0.2, 0) is 28.9 Å². The Hall–Kier alpha value is -0.900. The lowest BCUT2D eigenvalue weighted by molar-refractivity contribution is -0.298. The van der Waals surface area contributed by atoms with Crippen molar-refractivity contribution in [3.05, 3.63) is 0 Å². The first-order valence-corrected chi connectivity index (χ1v) is 23.8. The molecule has 1 aliphatic heterocycles. The molecule has 1 aliphatic rings. The van der Waals surface area contributed by atoms with Crippen molar-refractivity contribution in [3.63, 3.8) is 0 Å². The zero-order valence-electron chi connectivity index (χ0n) is 34.8. The van der Waals surface area contributed by atoms with E-state index in [2.05, 4.69) is 23.3 Å². The largest absolute Gasteiger partial charge is 0.397 e. The highest BCUT2D eigenvalue weighted by atomic mass is 32.3. The Morgan fingerprint density at radius 1 is 0.655 bits per heavy atom. The van der Waals surface area contributed by atoms with Gasteiger partial charge in [-0.25, -0.2) is 4.18 Å². The molecule has 55 heavy (non-hydrogen) atoms. The van der Waals surface area contributed by atoms with Gasteiger partial charge in [0.1, 0.15) is 24.4 Å². The van der Waals surface area contributed by atoms with Crippen LogP contribution in [0.3, 0.4) is 0 Å². The smallest absolute Gasteiger partial charge is 0.394 e. The predicted octanol–water partition coefficient (Wildman–Crippen LogP) is 8.22. The second kappa shape index (κ2) is 34.0. The molecule has 7 unspecified atom stereocenters. The van der Waals surface area contributed by atoms with Gasteiger partial charge >= 0.3 is 10.4 Å². The summed E-state index contributed by atoms with van der Waals surface area (Å²) in [4.78, 5) is 13.0. The molecule has 0 spiro atoms. The fraction of sp³-hybridized carbons (Fsp3) is 0.976. The van der Waals surface area contributed by atoms with Crippen LogP contribution in [0.25, 0.3) is 0 Å². The molecule has 1 fully saturated rings. The van der Waals surface area contributed by atoms with Gasteiger partial charge in [-0.2, -0.15) is 8.42 Å². The molecule has 0 saturated carbocycles. The van der Waals surface area contributed by atoms with Gasteiger partial charge in [0.05, 0.1) is 25.4 Å². The summed E-state index contributed by atoms with van der Waals surface area (Å²) in [6, 6.07) is -0.849. The summed E-state index contributed by atoms with van der Waals surface area (Å²) in [5.74, 6) is -0.229. The van der Waals surface area contributed by atoms with E-state index in [1.807, 2.05) is 0 Å². The van der Waals surface area contributed by atoms with Crippen LogP contribution in [0.4, 0.5) is 0 Å². The standard InChI is InChI=1S/C42H83NO11S/c1-3-5-7-9-11-13-14-15-16-17-18-19-20-21-22-24-26-28-30-32-38(46)43-35(36(45)31-29-27-25-23-12-10-8-6-4-2)34-52-42-40(48)41(54-55(49,50)51)39(47)37(33-44)53-42/h35-37,39-42,44-45,47-48H,3-34H2,1-2H3,(H,43,46)(H,49,50,51). The van der Waals surface area contributed by atoms with Crippen molar-refractivity contribution >= 4 is 16.3 Å². The van der Waals surface area contributed by atoms with E-state index >= 15 is 0 Å². The van der Waals surface area contributed by atoms with E-state index in [4.69, 9.17) is 14.0 Å². The van der Waals surface area contributed by atoms with Gasteiger partial charge in [0.15, 0.2) is 6.29 Å². The lowest BCUT2D eigenvalue weighted by Gasteiger charge is -2.41. The Bertz CT molecular complexity index is 1000. The molecule has 0 radical (unpaired) electrons. The van der Waals surface area contributed by atoms with E-state index in [0.29, 0.717) is 12.8 Å². The topological polar surface area (TPSA) is 192 Å². The minimum atomic E-state index is -5.07. The number of carbonyl (C=O) groups is 1. The van der Waals surface area contributed by atoms with E-state index in [-0.39, 0.29) is 12.5 Å². The summed E-state index contributed by atoms with van der Waals surface area (Å²) in [7, 11) is -5.07. The van der Waals surface area contributed by atoms with Crippen LogP contribution in [0.1, 0.15) is 206 Å². The molecule has 6 N–H and O–H groups in total. The lowest BCUT2D eigenvalue weighted by atomic mass is 9.99. The summed E-state index contributed by atoms with van der Waals surface area (Å²) in [6.07, 6.45) is 25.5. The van der Waals surface area contributed by atoms with Crippen LogP contribution in [0.2, 0.25) is 0 Å². The predicted molar refractivity (Wildman–Crippen MR) is 218 cm³/mol. The van der Waals surface area contributed by atoms with Crippen molar-refractivity contribution in [2.45, 2.75) is 249 Å². The SMILES string of the molecule is CCCCCCCCCCCCCCCCCCCCCC(=O)NC(COC1OC(CO)C(O)C(OS(=O)(=O)O)C1O)C(O)CCCCCCCCCCC. The molecule has 0 aromatic carbocycles. The maximum absolute atomic E-state index is 13.0. The van der Waals surface area contributed by atoms with Crippen LogP contribution in [0.15, 0.2) is 0 Å². The van der Waals surface area contributed by atoms with Crippen molar-refractivity contribution in [2.75, 3.05) is 13.2 Å². The Labute approximate surface area is 335 Å². The van der Waals surface area contributed by atoms with Crippen molar-refractivity contribution in [1.29, 1.82) is 0 Å². The molecular formula is C42H83NO11S. The first kappa shape index (κ1) is 52.1. The van der Waals surface area contributed by atoms with E-state index < -0.39 is 59.9 Å². The molecule has 1 heterocycles. The van der Waals surface area contributed by atoms with E-state index in [1.54, 1.807) is 0 Å². The summed E-state index contributed by atoms with van der Waals surface area (Å²) in [5.41, 5.74) is 0. The maximum Gasteiger partial charge on any atom is 0.397 e. The number of ether oxygens (including phenoxy) is 2. The van der Waals surface area contributed by atoms with Gasteiger partial charge in [0.2, 0.25) is 5.91 Å². The van der Waals surface area contributed by atoms with Gasteiger partial charge in [-0.05, 0) is 12.8 Å². The third-order valence-corrected chi connectivity index (χ3v) is 11.4. The first-order chi connectivity index (χ1) is 26.5. The lowest BCUT2D eigenvalue weighted by Crippen LogP contribution is -2.61. The molecule has 1 amide bonds. The second-order valence-corrected chi connectivity index (χ2v) is 17.0. The minimum absolute atomic E-state index is 0.229. The third kappa shape index (κ3) is 27.4. The van der Waals surface area contributed by atoms with Gasteiger partial charge in [-0.3, -0.25) is 9.35 Å². The van der Waals surface area contributed by atoms with E-state index in [1.165, 1.54) is 128 Å². The number of amides is 1. The monoisotopic (exact) mass is 810 g/mol. The first-order valence-electron chi connectivity index (χ1n) is 22.4. The Balaban J connectivity index is 2.43. The van der Waals surface area contributed by atoms with Crippen molar-refractivity contribution in [1.82, 2.24) is 5.32 Å². The molecule has 0 aliphatic carbocycles. The molecular weight excluding hydrogens is 727 g/mol. The quantitative estimate of drug-likeness (QED) is 0.0260. The van der Waals surface area contributed by atoms with Gasteiger partial charge in [0.25, 0.3) is 0 Å². The van der Waals surface area contributed by atoms with Crippen LogP contribution < -0.4 is 5.32 Å². The third-order valence-electron chi connectivity index (χ3n) is 10.9. The molecule has 0 bridgehead atoms. The molecule has 12 nitrogen and oxygen atoms in total. The summed E-state index contributed by atoms with van der Waals surface area (Å²) in [6.45, 7) is 3.42. The number of aliphatic hydroxyl groups excluding tert-OH is 4. The van der Waals surface area contributed by atoms with E-state index in [9.17, 15) is 33.6 Å². The van der Waals surface area contributed by atoms with Crippen LogP contribution in [-0.4, -0.2) is 95.4 Å². The molecule has 1 saturated heterocycles. The number of rotatable bonds is 38. The summed E-state index contributed by atoms with van der Waals surface area (Å²) in [5, 5.41) is 44.7. The number of carbonyl (C=O) groups excluding carboxylic acids is 1. The van der Waals surface area contributed by atoms with Gasteiger partial charge in [-0.1, -0.05) is 187 Å². The second-order valence-electron chi connectivity index (χ2n) is 16.0. The highest BCUT2D eigenvalue weighted by Crippen LogP contribution is 2.26. The highest BCUT2D eigenvalue weighted by molar-refractivity contribution is 7.80. The Morgan fingerprint density at radius 3 is 1.45 bits per heavy atom. The zero-order chi connectivity index (χ0) is 40.6. The Morgan fingerprint density at radius 2 is 1.05 bits per heavy atom. The number of unbranched alkanes of at least 4 members (excludes halogenated alkanes) is 26. The van der Waals surface area contributed by atoms with Crippen LogP contribution >= 0.6 is 0 Å². The number of nitrogens with one attached hydrogen (secondary N) is 1. The molecule has 7 atom stereocenters. The van der Waals surface area contributed by atoms with Crippen molar-refractivity contribution in [2.24, 2.45) is 0 Å². The van der Waals surface area contributed by atoms with Crippen LogP contribution in [0.5, 0.6) is 0 Å². The average molecular weight is 810 g/mol. The van der Waals surface area contributed by atoms with Gasteiger partial charge in [-0.15, -0.1) is 0 Å². The summed E-state index contributed by atoms with van der Waals surface area (Å²) < 4.78 is 47.5. The van der Waals surface area contributed by atoms with Crippen molar-refractivity contribution < 1.29 is 51.8 Å².